The number of Topliss-reactive ketones (excluding diaryl/α,β-unsaturated/α-hetero) is 1. The molecule has 0 N–H and O–H groups in total. The van der Waals surface area contributed by atoms with Gasteiger partial charge in [0.25, 0.3) is 5.24 Å². The fourth-order valence-corrected chi connectivity index (χ4v) is 2.81. The smallest absolute Gasteiger partial charge is 0.288 e. The Labute approximate surface area is 118 Å². The van der Waals surface area contributed by atoms with Gasteiger partial charge in [-0.25, -0.2) is 0 Å². The van der Waals surface area contributed by atoms with E-state index in [2.05, 4.69) is 0 Å². The summed E-state index contributed by atoms with van der Waals surface area (Å²) in [5.41, 5.74) is 0.613. The van der Waals surface area contributed by atoms with Gasteiger partial charge in [0.1, 0.15) is 5.58 Å². The van der Waals surface area contributed by atoms with E-state index < -0.39 is 0 Å². The number of nitrogens with zero attached hydrogens (tertiary/aromatic N) is 1. The van der Waals surface area contributed by atoms with E-state index >= 15 is 0 Å². The molecule has 2 amide bonds. The third-order valence-corrected chi connectivity index (χ3v) is 3.94. The van der Waals surface area contributed by atoms with Crippen LogP contribution < -0.4 is 0 Å². The van der Waals surface area contributed by atoms with Gasteiger partial charge in [-0.15, -0.1) is 0 Å². The monoisotopic (exact) mass is 289 g/mol. The number of para-hydroxylation sites is 1. The lowest BCUT2D eigenvalue weighted by Crippen LogP contribution is -2.41. The van der Waals surface area contributed by atoms with E-state index in [-0.39, 0.29) is 35.7 Å². The van der Waals surface area contributed by atoms with Crippen molar-refractivity contribution in [1.82, 2.24) is 4.90 Å². The van der Waals surface area contributed by atoms with Gasteiger partial charge in [0.2, 0.25) is 11.7 Å². The summed E-state index contributed by atoms with van der Waals surface area (Å²) in [5.74, 6) is -0.0292. The number of rotatable bonds is 3. The van der Waals surface area contributed by atoms with Gasteiger partial charge >= 0.3 is 0 Å². The third kappa shape index (κ3) is 2.34. The van der Waals surface area contributed by atoms with Gasteiger partial charge in [-0.3, -0.25) is 19.3 Å². The van der Waals surface area contributed by atoms with Crippen molar-refractivity contribution >= 4 is 39.7 Å². The SMILES string of the molecule is O=C(CN1C(=O)CCSC1=O)c1cc2ccccc2o1. The molecule has 0 unspecified atom stereocenters. The first kappa shape index (κ1) is 12.9. The number of hydrogen-bond acceptors (Lipinski definition) is 5. The van der Waals surface area contributed by atoms with Crippen molar-refractivity contribution in [3.8, 4) is 0 Å². The molecule has 1 aliphatic heterocycles. The lowest BCUT2D eigenvalue weighted by atomic mass is 10.2. The van der Waals surface area contributed by atoms with Gasteiger partial charge in [0, 0.05) is 17.6 Å². The van der Waals surface area contributed by atoms with E-state index in [0.717, 1.165) is 22.0 Å². The first-order valence-corrected chi connectivity index (χ1v) is 7.12. The van der Waals surface area contributed by atoms with Crippen molar-refractivity contribution in [1.29, 1.82) is 0 Å². The first-order chi connectivity index (χ1) is 9.65. The summed E-state index contributed by atoms with van der Waals surface area (Å²) in [6, 6.07) is 8.89. The molecule has 0 aliphatic carbocycles. The molecular weight excluding hydrogens is 278 g/mol. The number of hydrogen-bond donors (Lipinski definition) is 0. The zero-order chi connectivity index (χ0) is 14.1. The minimum Gasteiger partial charge on any atom is -0.453 e. The number of thioether (sulfide) groups is 1. The number of carbonyl (C=O) groups excluding carboxylic acids is 3. The molecule has 1 aliphatic rings. The van der Waals surface area contributed by atoms with Crippen LogP contribution in [-0.2, 0) is 4.79 Å². The molecule has 1 saturated heterocycles. The predicted octanol–water partition coefficient (Wildman–Crippen LogP) is 2.70. The average Bonchev–Trinajstić information content (AvgIpc) is 2.87. The molecule has 0 atom stereocenters. The minimum absolute atomic E-state index is 0.169. The third-order valence-electron chi connectivity index (χ3n) is 3.06. The number of benzene rings is 1. The van der Waals surface area contributed by atoms with Crippen LogP contribution in [-0.4, -0.2) is 34.1 Å². The van der Waals surface area contributed by atoms with Gasteiger partial charge in [0.15, 0.2) is 5.76 Å². The van der Waals surface area contributed by atoms with E-state index in [1.807, 2.05) is 18.2 Å². The molecule has 2 aromatic rings. The summed E-state index contributed by atoms with van der Waals surface area (Å²) in [4.78, 5) is 36.4. The highest BCUT2D eigenvalue weighted by Crippen LogP contribution is 2.22. The highest BCUT2D eigenvalue weighted by atomic mass is 32.2. The number of carbonyl (C=O) groups is 3. The molecule has 0 spiro atoms. The molecule has 0 radical (unpaired) electrons. The van der Waals surface area contributed by atoms with Crippen LogP contribution in [0.1, 0.15) is 17.0 Å². The van der Waals surface area contributed by atoms with E-state index in [0.29, 0.717) is 11.3 Å². The molecular formula is C14H11NO4S. The van der Waals surface area contributed by atoms with Crippen molar-refractivity contribution < 1.29 is 18.8 Å². The van der Waals surface area contributed by atoms with Gasteiger partial charge in [-0.2, -0.15) is 0 Å². The second-order valence-electron chi connectivity index (χ2n) is 4.42. The minimum atomic E-state index is -0.370. The fourth-order valence-electron chi connectivity index (χ4n) is 2.03. The number of furan rings is 1. The Hall–Kier alpha value is -2.08. The predicted molar refractivity (Wildman–Crippen MR) is 74.7 cm³/mol. The summed E-state index contributed by atoms with van der Waals surface area (Å²) in [7, 11) is 0. The zero-order valence-electron chi connectivity index (χ0n) is 10.5. The second kappa shape index (κ2) is 5.13. The molecule has 1 fully saturated rings. The summed E-state index contributed by atoms with van der Waals surface area (Å²) >= 11 is 1.06. The van der Waals surface area contributed by atoms with Crippen LogP contribution in [0.25, 0.3) is 11.0 Å². The lowest BCUT2D eigenvalue weighted by Gasteiger charge is -2.22. The molecule has 1 aromatic heterocycles. The largest absolute Gasteiger partial charge is 0.453 e. The van der Waals surface area contributed by atoms with Crippen LogP contribution in [0.4, 0.5) is 4.79 Å². The summed E-state index contributed by atoms with van der Waals surface area (Å²) < 4.78 is 5.44. The molecule has 1 aromatic carbocycles. The fraction of sp³-hybridized carbons (Fsp3) is 0.214. The summed E-state index contributed by atoms with van der Waals surface area (Å²) in [6.45, 7) is -0.259. The Kier molecular flexibility index (Phi) is 3.31. The van der Waals surface area contributed by atoms with Crippen LogP contribution >= 0.6 is 11.8 Å². The van der Waals surface area contributed by atoms with Crippen molar-refractivity contribution in [2.24, 2.45) is 0 Å². The van der Waals surface area contributed by atoms with E-state index in [9.17, 15) is 14.4 Å². The van der Waals surface area contributed by atoms with Gasteiger partial charge in [-0.1, -0.05) is 30.0 Å². The van der Waals surface area contributed by atoms with Crippen LogP contribution in [0.15, 0.2) is 34.7 Å². The van der Waals surface area contributed by atoms with Crippen LogP contribution in [0.2, 0.25) is 0 Å². The van der Waals surface area contributed by atoms with E-state index in [1.165, 1.54) is 0 Å². The lowest BCUT2D eigenvalue weighted by molar-refractivity contribution is -0.127. The average molecular weight is 289 g/mol. The number of ketones is 1. The van der Waals surface area contributed by atoms with Crippen molar-refractivity contribution in [2.75, 3.05) is 12.3 Å². The highest BCUT2D eigenvalue weighted by molar-refractivity contribution is 8.13. The number of imide groups is 1. The van der Waals surface area contributed by atoms with Crippen LogP contribution in [0.3, 0.4) is 0 Å². The summed E-state index contributed by atoms with van der Waals surface area (Å²) in [5, 5.41) is 0.451. The summed E-state index contributed by atoms with van der Waals surface area (Å²) in [6.07, 6.45) is 0.282. The van der Waals surface area contributed by atoms with E-state index in [1.54, 1.807) is 12.1 Å². The van der Waals surface area contributed by atoms with Gasteiger partial charge in [-0.05, 0) is 12.1 Å². The van der Waals surface area contributed by atoms with Crippen molar-refractivity contribution in [3.05, 3.63) is 36.1 Å². The maximum atomic E-state index is 12.1. The Morgan fingerprint density at radius 2 is 2.10 bits per heavy atom. The molecule has 3 rings (SSSR count). The molecule has 20 heavy (non-hydrogen) atoms. The van der Waals surface area contributed by atoms with Gasteiger partial charge in [0.05, 0.1) is 6.54 Å². The molecule has 102 valence electrons. The maximum Gasteiger partial charge on any atom is 0.288 e. The van der Waals surface area contributed by atoms with Crippen LogP contribution in [0.5, 0.6) is 0 Å². The molecule has 0 bridgehead atoms. The number of fused-ring (bicyclic) bond motifs is 1. The maximum absolute atomic E-state index is 12.1. The highest BCUT2D eigenvalue weighted by Gasteiger charge is 2.29. The first-order valence-electron chi connectivity index (χ1n) is 6.14. The normalized spacial score (nSPS) is 15.9. The van der Waals surface area contributed by atoms with Crippen molar-refractivity contribution in [2.45, 2.75) is 6.42 Å². The van der Waals surface area contributed by atoms with Crippen molar-refractivity contribution in [3.63, 3.8) is 0 Å². The Balaban J connectivity index is 1.81. The quantitative estimate of drug-likeness (QED) is 0.813. The molecule has 0 saturated carbocycles. The van der Waals surface area contributed by atoms with Crippen LogP contribution in [0, 0.1) is 0 Å². The Morgan fingerprint density at radius 1 is 1.30 bits per heavy atom. The van der Waals surface area contributed by atoms with E-state index in [4.69, 9.17) is 4.42 Å². The Morgan fingerprint density at radius 3 is 2.85 bits per heavy atom. The molecule has 5 nitrogen and oxygen atoms in total. The molecule has 2 heterocycles. The Bertz CT molecular complexity index is 657. The second-order valence-corrected chi connectivity index (χ2v) is 5.46. The zero-order valence-corrected chi connectivity index (χ0v) is 11.3. The number of amides is 2. The standard InChI is InChI=1S/C14H11NO4S/c16-10(8-15-13(17)5-6-20-14(15)18)12-7-9-3-1-2-4-11(9)19-12/h1-4,7H,5-6,8H2. The topological polar surface area (TPSA) is 67.6 Å². The van der Waals surface area contributed by atoms with Gasteiger partial charge < -0.3 is 4.42 Å². The molecule has 6 heteroatoms.